The lowest BCUT2D eigenvalue weighted by Crippen LogP contribution is -2.29. The fraction of sp³-hybridized carbons (Fsp3) is 0.625. The van der Waals surface area contributed by atoms with E-state index in [0.29, 0.717) is 0 Å². The fourth-order valence-corrected chi connectivity index (χ4v) is 2.27. The van der Waals surface area contributed by atoms with Gasteiger partial charge >= 0.3 is 0 Å². The summed E-state index contributed by atoms with van der Waals surface area (Å²) in [6, 6.07) is 4.53. The van der Waals surface area contributed by atoms with Crippen molar-refractivity contribution < 1.29 is 0 Å². The Hall–Kier alpha value is -0.860. The Balaban J connectivity index is 2.31. The predicted molar refractivity (Wildman–Crippen MR) is 80.1 cm³/mol. The van der Waals surface area contributed by atoms with Crippen molar-refractivity contribution >= 4 is 0 Å². The molecular formula is C16H28N2. The Morgan fingerprint density at radius 3 is 2.06 bits per heavy atom. The lowest BCUT2D eigenvalue weighted by atomic mass is 10.00. The van der Waals surface area contributed by atoms with Crippen LogP contribution < -0.4 is 10.6 Å². The Labute approximate surface area is 112 Å². The van der Waals surface area contributed by atoms with Gasteiger partial charge in [0.25, 0.3) is 0 Å². The Morgan fingerprint density at radius 1 is 0.944 bits per heavy atom. The van der Waals surface area contributed by atoms with Crippen molar-refractivity contribution in [2.45, 2.75) is 41.2 Å². The van der Waals surface area contributed by atoms with Crippen LogP contribution in [0.5, 0.6) is 0 Å². The van der Waals surface area contributed by atoms with Gasteiger partial charge in [0.2, 0.25) is 0 Å². The second-order valence-corrected chi connectivity index (χ2v) is 5.65. The molecule has 0 bridgehead atoms. The van der Waals surface area contributed by atoms with Gasteiger partial charge in [-0.25, -0.2) is 0 Å². The molecule has 1 aromatic rings. The number of rotatable bonds is 7. The van der Waals surface area contributed by atoms with Gasteiger partial charge in [0.15, 0.2) is 0 Å². The second kappa shape index (κ2) is 7.55. The highest BCUT2D eigenvalue weighted by molar-refractivity contribution is 5.37. The lowest BCUT2D eigenvalue weighted by Gasteiger charge is -2.13. The highest BCUT2D eigenvalue weighted by Crippen LogP contribution is 2.15. The molecule has 1 aromatic carbocycles. The minimum absolute atomic E-state index is 0.728. The molecule has 2 N–H and O–H groups in total. The zero-order chi connectivity index (χ0) is 13.5. The van der Waals surface area contributed by atoms with Crippen LogP contribution in [0.25, 0.3) is 0 Å². The lowest BCUT2D eigenvalue weighted by molar-refractivity contribution is 0.535. The van der Waals surface area contributed by atoms with Crippen LogP contribution in [0.2, 0.25) is 0 Å². The molecule has 0 saturated heterocycles. The van der Waals surface area contributed by atoms with Crippen molar-refractivity contribution in [2.24, 2.45) is 5.92 Å². The summed E-state index contributed by atoms with van der Waals surface area (Å²) in [4.78, 5) is 0. The molecule has 0 radical (unpaired) electrons. The van der Waals surface area contributed by atoms with Crippen molar-refractivity contribution in [1.82, 2.24) is 10.6 Å². The van der Waals surface area contributed by atoms with Crippen LogP contribution >= 0.6 is 0 Å². The van der Waals surface area contributed by atoms with Gasteiger partial charge in [-0.3, -0.25) is 0 Å². The van der Waals surface area contributed by atoms with Crippen LogP contribution in [0.1, 0.15) is 36.1 Å². The van der Waals surface area contributed by atoms with Gasteiger partial charge in [-0.2, -0.15) is 0 Å². The van der Waals surface area contributed by atoms with E-state index in [0.717, 1.165) is 32.1 Å². The second-order valence-electron chi connectivity index (χ2n) is 5.65. The zero-order valence-electron chi connectivity index (χ0n) is 12.6. The third-order valence-electron chi connectivity index (χ3n) is 3.17. The topological polar surface area (TPSA) is 24.1 Å². The molecule has 0 unspecified atom stereocenters. The average molecular weight is 248 g/mol. The smallest absolute Gasteiger partial charge is 0.0211 e. The highest BCUT2D eigenvalue weighted by atomic mass is 14.9. The minimum Gasteiger partial charge on any atom is -0.315 e. The summed E-state index contributed by atoms with van der Waals surface area (Å²) in [6.07, 6.45) is 0. The van der Waals surface area contributed by atoms with Crippen molar-refractivity contribution in [1.29, 1.82) is 0 Å². The van der Waals surface area contributed by atoms with Gasteiger partial charge in [-0.05, 0) is 49.9 Å². The van der Waals surface area contributed by atoms with Gasteiger partial charge in [0.05, 0.1) is 0 Å². The molecule has 0 aromatic heterocycles. The maximum absolute atomic E-state index is 3.51. The van der Waals surface area contributed by atoms with Gasteiger partial charge in [0.1, 0.15) is 0 Å². The van der Waals surface area contributed by atoms with Crippen LogP contribution in [0.3, 0.4) is 0 Å². The molecule has 0 amide bonds. The number of hydrogen-bond donors (Lipinski definition) is 2. The minimum atomic E-state index is 0.728. The van der Waals surface area contributed by atoms with E-state index >= 15 is 0 Å². The molecule has 0 fully saturated rings. The zero-order valence-corrected chi connectivity index (χ0v) is 12.6. The van der Waals surface area contributed by atoms with Crippen molar-refractivity contribution in [3.8, 4) is 0 Å². The normalized spacial score (nSPS) is 11.2. The van der Waals surface area contributed by atoms with Crippen LogP contribution in [-0.4, -0.2) is 19.6 Å². The molecule has 102 valence electrons. The molecule has 0 aliphatic heterocycles. The summed E-state index contributed by atoms with van der Waals surface area (Å²) in [7, 11) is 0. The average Bonchev–Trinajstić information content (AvgIpc) is 2.25. The number of nitrogens with one attached hydrogen (secondary N) is 2. The molecule has 2 heteroatoms. The molecule has 0 spiro atoms. The Bertz CT molecular complexity index is 346. The Kier molecular flexibility index (Phi) is 6.37. The molecule has 0 aliphatic carbocycles. The number of aryl methyl sites for hydroxylation is 3. The van der Waals surface area contributed by atoms with Crippen molar-refractivity contribution in [3.05, 3.63) is 34.4 Å². The van der Waals surface area contributed by atoms with E-state index in [9.17, 15) is 0 Å². The summed E-state index contributed by atoms with van der Waals surface area (Å²) < 4.78 is 0. The quantitative estimate of drug-likeness (QED) is 0.725. The van der Waals surface area contributed by atoms with E-state index in [1.165, 1.54) is 22.3 Å². The first-order valence-electron chi connectivity index (χ1n) is 6.99. The molecule has 0 heterocycles. The summed E-state index contributed by atoms with van der Waals surface area (Å²) in [5, 5.41) is 6.96. The van der Waals surface area contributed by atoms with E-state index in [1.807, 2.05) is 0 Å². The van der Waals surface area contributed by atoms with Crippen LogP contribution in [0, 0.1) is 26.7 Å². The van der Waals surface area contributed by atoms with E-state index in [-0.39, 0.29) is 0 Å². The highest BCUT2D eigenvalue weighted by Gasteiger charge is 2.03. The first-order chi connectivity index (χ1) is 8.50. The molecule has 0 aliphatic rings. The summed E-state index contributed by atoms with van der Waals surface area (Å²) in [5.74, 6) is 0.728. The molecular weight excluding hydrogens is 220 g/mol. The van der Waals surface area contributed by atoms with E-state index < -0.39 is 0 Å². The standard InChI is InChI=1S/C16H28N2/c1-12(2)10-17-6-7-18-11-16-14(4)8-13(3)9-15(16)5/h8-9,12,17-18H,6-7,10-11H2,1-5H3. The molecule has 2 nitrogen and oxygen atoms in total. The molecule has 1 rings (SSSR count). The summed E-state index contributed by atoms with van der Waals surface area (Å²) in [6.45, 7) is 15.2. The van der Waals surface area contributed by atoms with Crippen LogP contribution in [0.4, 0.5) is 0 Å². The first-order valence-corrected chi connectivity index (χ1v) is 6.99. The van der Waals surface area contributed by atoms with Crippen molar-refractivity contribution in [2.75, 3.05) is 19.6 Å². The van der Waals surface area contributed by atoms with E-state index in [4.69, 9.17) is 0 Å². The predicted octanol–water partition coefficient (Wildman–Crippen LogP) is 2.95. The largest absolute Gasteiger partial charge is 0.315 e. The molecule has 0 saturated carbocycles. The van der Waals surface area contributed by atoms with Crippen molar-refractivity contribution in [3.63, 3.8) is 0 Å². The van der Waals surface area contributed by atoms with Crippen LogP contribution in [-0.2, 0) is 6.54 Å². The maximum atomic E-state index is 3.51. The van der Waals surface area contributed by atoms with E-state index in [1.54, 1.807) is 0 Å². The summed E-state index contributed by atoms with van der Waals surface area (Å²) >= 11 is 0. The Morgan fingerprint density at radius 2 is 1.50 bits per heavy atom. The first kappa shape index (κ1) is 15.2. The maximum Gasteiger partial charge on any atom is 0.0211 e. The monoisotopic (exact) mass is 248 g/mol. The molecule has 0 atom stereocenters. The molecule has 18 heavy (non-hydrogen) atoms. The fourth-order valence-electron chi connectivity index (χ4n) is 2.27. The SMILES string of the molecule is Cc1cc(C)c(CNCCNCC(C)C)c(C)c1. The third-order valence-corrected chi connectivity index (χ3v) is 3.17. The van der Waals surface area contributed by atoms with Crippen LogP contribution in [0.15, 0.2) is 12.1 Å². The number of benzene rings is 1. The van der Waals surface area contributed by atoms with Gasteiger partial charge in [-0.15, -0.1) is 0 Å². The van der Waals surface area contributed by atoms with E-state index in [2.05, 4.69) is 57.4 Å². The third kappa shape index (κ3) is 5.19. The summed E-state index contributed by atoms with van der Waals surface area (Å²) in [5.41, 5.74) is 5.60. The van der Waals surface area contributed by atoms with Gasteiger partial charge < -0.3 is 10.6 Å². The van der Waals surface area contributed by atoms with Gasteiger partial charge in [0, 0.05) is 19.6 Å². The number of hydrogen-bond acceptors (Lipinski definition) is 2. The van der Waals surface area contributed by atoms with Gasteiger partial charge in [-0.1, -0.05) is 31.5 Å².